The number of anilines is 2. The maximum Gasteiger partial charge on any atom is 0.326 e. The second kappa shape index (κ2) is 7.14. The molecule has 0 aliphatic heterocycles. The summed E-state index contributed by atoms with van der Waals surface area (Å²) in [5.74, 6) is 1.22. The Morgan fingerprint density at radius 2 is 1.88 bits per heavy atom. The summed E-state index contributed by atoms with van der Waals surface area (Å²) >= 11 is 5.91. The highest BCUT2D eigenvalue weighted by atomic mass is 35.5. The Hall–Kier alpha value is -2.20. The molecule has 1 atom stereocenters. The van der Waals surface area contributed by atoms with Gasteiger partial charge in [-0.15, -0.1) is 0 Å². The van der Waals surface area contributed by atoms with Crippen LogP contribution in [0.15, 0.2) is 48.5 Å². The average Bonchev–Trinajstić information content (AvgIpc) is 3.42. The van der Waals surface area contributed by atoms with E-state index < -0.39 is 0 Å². The number of hydrogen-bond donors (Lipinski definition) is 1. The fraction of sp³-hybridized carbons (Fsp3) is 0.316. The second-order valence-corrected chi connectivity index (χ2v) is 6.49. The number of halogens is 1. The van der Waals surface area contributed by atoms with Crippen molar-refractivity contribution in [2.45, 2.75) is 25.8 Å². The zero-order chi connectivity index (χ0) is 17.1. The fourth-order valence-electron chi connectivity index (χ4n) is 2.85. The van der Waals surface area contributed by atoms with E-state index in [-0.39, 0.29) is 12.1 Å². The number of para-hydroxylation sites is 2. The highest BCUT2D eigenvalue weighted by Crippen LogP contribution is 2.39. The molecule has 0 saturated heterocycles. The van der Waals surface area contributed by atoms with Gasteiger partial charge in [0.15, 0.2) is 0 Å². The van der Waals surface area contributed by atoms with Crippen LogP contribution < -0.4 is 15.0 Å². The van der Waals surface area contributed by atoms with Crippen LogP contribution in [0.3, 0.4) is 0 Å². The molecule has 4 nitrogen and oxygen atoms in total. The van der Waals surface area contributed by atoms with Crippen LogP contribution in [0.25, 0.3) is 0 Å². The van der Waals surface area contributed by atoms with Crippen LogP contribution >= 0.6 is 11.6 Å². The average molecular weight is 345 g/mol. The summed E-state index contributed by atoms with van der Waals surface area (Å²) < 4.78 is 5.45. The first-order valence-electron chi connectivity index (χ1n) is 8.09. The molecule has 1 aliphatic carbocycles. The lowest BCUT2D eigenvalue weighted by atomic mass is 10.1. The molecule has 0 spiro atoms. The first-order valence-corrected chi connectivity index (χ1v) is 8.46. The van der Waals surface area contributed by atoms with Crippen molar-refractivity contribution in [2.24, 2.45) is 5.92 Å². The number of hydrogen-bond acceptors (Lipinski definition) is 2. The highest BCUT2D eigenvalue weighted by molar-refractivity contribution is 6.30. The van der Waals surface area contributed by atoms with Gasteiger partial charge in [0.25, 0.3) is 0 Å². The lowest BCUT2D eigenvalue weighted by Crippen LogP contribution is -2.43. The molecule has 0 bridgehead atoms. The van der Waals surface area contributed by atoms with Gasteiger partial charge in [0.05, 0.1) is 12.8 Å². The number of urea groups is 1. The third kappa shape index (κ3) is 3.65. The maximum absolute atomic E-state index is 13.0. The molecule has 126 valence electrons. The van der Waals surface area contributed by atoms with Gasteiger partial charge < -0.3 is 10.1 Å². The van der Waals surface area contributed by atoms with E-state index in [1.807, 2.05) is 24.3 Å². The molecule has 1 N–H and O–H groups in total. The largest absolute Gasteiger partial charge is 0.495 e. The van der Waals surface area contributed by atoms with Gasteiger partial charge in [-0.25, -0.2) is 4.79 Å². The summed E-state index contributed by atoms with van der Waals surface area (Å²) in [5.41, 5.74) is 1.50. The van der Waals surface area contributed by atoms with Crippen molar-refractivity contribution in [3.8, 4) is 5.75 Å². The lowest BCUT2D eigenvalue weighted by molar-refractivity contribution is 0.254. The lowest BCUT2D eigenvalue weighted by Gasteiger charge is -2.30. The molecule has 24 heavy (non-hydrogen) atoms. The molecule has 1 saturated carbocycles. The molecule has 3 rings (SSSR count). The van der Waals surface area contributed by atoms with Gasteiger partial charge in [-0.2, -0.15) is 0 Å². The third-order valence-electron chi connectivity index (χ3n) is 4.37. The van der Waals surface area contributed by atoms with Gasteiger partial charge in [-0.1, -0.05) is 23.7 Å². The van der Waals surface area contributed by atoms with Crippen molar-refractivity contribution in [2.75, 3.05) is 17.3 Å². The van der Waals surface area contributed by atoms with Gasteiger partial charge >= 0.3 is 6.03 Å². The van der Waals surface area contributed by atoms with Gasteiger partial charge in [0, 0.05) is 16.8 Å². The number of nitrogens with one attached hydrogen (secondary N) is 1. The van der Waals surface area contributed by atoms with E-state index in [1.54, 1.807) is 36.3 Å². The van der Waals surface area contributed by atoms with Gasteiger partial charge in [0.1, 0.15) is 5.75 Å². The van der Waals surface area contributed by atoms with Crippen LogP contribution in [0, 0.1) is 5.92 Å². The van der Waals surface area contributed by atoms with Crippen molar-refractivity contribution < 1.29 is 9.53 Å². The van der Waals surface area contributed by atoms with E-state index in [4.69, 9.17) is 16.3 Å². The SMILES string of the molecule is COc1ccccc1N(C(=O)Nc1ccc(Cl)cc1)[C@@H](C)C1CC1. The van der Waals surface area contributed by atoms with E-state index in [2.05, 4.69) is 12.2 Å². The van der Waals surface area contributed by atoms with Crippen LogP contribution in [0.2, 0.25) is 5.02 Å². The topological polar surface area (TPSA) is 41.6 Å². The summed E-state index contributed by atoms with van der Waals surface area (Å²) in [6.07, 6.45) is 2.31. The van der Waals surface area contributed by atoms with E-state index in [1.165, 1.54) is 0 Å². The summed E-state index contributed by atoms with van der Waals surface area (Å²) in [4.78, 5) is 14.8. The normalized spacial score (nSPS) is 14.8. The van der Waals surface area contributed by atoms with Crippen LogP contribution in [-0.4, -0.2) is 19.2 Å². The smallest absolute Gasteiger partial charge is 0.326 e. The standard InChI is InChI=1S/C19H21ClN2O2/c1-13(14-7-8-14)22(17-5-3-4-6-18(17)24-2)19(23)21-16-11-9-15(20)10-12-16/h3-6,9-14H,7-8H2,1-2H3,(H,21,23)/t13-/m0/s1. The first-order chi connectivity index (χ1) is 11.6. The van der Waals surface area contributed by atoms with Crippen molar-refractivity contribution in [1.29, 1.82) is 0 Å². The molecule has 0 radical (unpaired) electrons. The zero-order valence-electron chi connectivity index (χ0n) is 13.8. The Balaban J connectivity index is 1.89. The quantitative estimate of drug-likeness (QED) is 0.811. The minimum atomic E-state index is -0.166. The molecule has 0 heterocycles. The number of rotatable bonds is 5. The maximum atomic E-state index is 13.0. The van der Waals surface area contributed by atoms with Crippen molar-refractivity contribution in [3.05, 3.63) is 53.6 Å². The zero-order valence-corrected chi connectivity index (χ0v) is 14.6. The predicted octanol–water partition coefficient (Wildman–Crippen LogP) is 5.19. The van der Waals surface area contributed by atoms with Crippen molar-refractivity contribution in [3.63, 3.8) is 0 Å². The summed E-state index contributed by atoms with van der Waals surface area (Å²) in [6.45, 7) is 2.09. The Morgan fingerprint density at radius 1 is 1.21 bits per heavy atom. The van der Waals surface area contributed by atoms with Crippen molar-refractivity contribution >= 4 is 29.0 Å². The number of benzene rings is 2. The van der Waals surface area contributed by atoms with Gasteiger partial charge in [-0.3, -0.25) is 4.90 Å². The molecule has 0 aromatic heterocycles. The van der Waals surface area contributed by atoms with Crippen LogP contribution in [0.4, 0.5) is 16.2 Å². The summed E-state index contributed by atoms with van der Waals surface area (Å²) in [6, 6.07) is 14.7. The third-order valence-corrected chi connectivity index (χ3v) is 4.62. The summed E-state index contributed by atoms with van der Waals surface area (Å²) in [5, 5.41) is 3.60. The molecule has 2 aromatic rings. The van der Waals surface area contributed by atoms with Crippen LogP contribution in [-0.2, 0) is 0 Å². The number of amides is 2. The number of nitrogens with zero attached hydrogens (tertiary/aromatic N) is 1. The number of ether oxygens (including phenoxy) is 1. The number of carbonyl (C=O) groups excluding carboxylic acids is 1. The Kier molecular flexibility index (Phi) is 4.95. The van der Waals surface area contributed by atoms with Crippen LogP contribution in [0.1, 0.15) is 19.8 Å². The number of carbonyl (C=O) groups is 1. The molecule has 5 heteroatoms. The van der Waals surface area contributed by atoms with Gasteiger partial charge in [-0.05, 0) is 62.1 Å². The molecular formula is C19H21ClN2O2. The number of methoxy groups -OCH3 is 1. The van der Waals surface area contributed by atoms with Crippen molar-refractivity contribution in [1.82, 2.24) is 0 Å². The molecule has 1 aliphatic rings. The highest BCUT2D eigenvalue weighted by Gasteiger charge is 2.36. The minimum Gasteiger partial charge on any atom is -0.495 e. The van der Waals surface area contributed by atoms with E-state index in [9.17, 15) is 4.79 Å². The monoisotopic (exact) mass is 344 g/mol. The first kappa shape index (κ1) is 16.7. The molecule has 2 aromatic carbocycles. The summed E-state index contributed by atoms with van der Waals surface area (Å²) in [7, 11) is 1.62. The molecule has 0 unspecified atom stereocenters. The van der Waals surface area contributed by atoms with E-state index in [0.29, 0.717) is 22.4 Å². The van der Waals surface area contributed by atoms with E-state index >= 15 is 0 Å². The Bertz CT molecular complexity index is 714. The molecule has 1 fully saturated rings. The molecular weight excluding hydrogens is 324 g/mol. The van der Waals surface area contributed by atoms with E-state index in [0.717, 1.165) is 18.5 Å². The fourth-order valence-corrected chi connectivity index (χ4v) is 2.97. The van der Waals surface area contributed by atoms with Gasteiger partial charge in [0.2, 0.25) is 0 Å². The predicted molar refractivity (Wildman–Crippen MR) is 98.1 cm³/mol. The Morgan fingerprint density at radius 3 is 2.50 bits per heavy atom. The Labute approximate surface area is 147 Å². The minimum absolute atomic E-state index is 0.105. The van der Waals surface area contributed by atoms with Crippen LogP contribution in [0.5, 0.6) is 5.75 Å². The molecule has 2 amide bonds. The second-order valence-electron chi connectivity index (χ2n) is 6.06.